The Morgan fingerprint density at radius 1 is 1.26 bits per heavy atom. The largest absolute Gasteiger partial charge is 0.308 e. The number of hydrogen-bond acceptors (Lipinski definition) is 4. The van der Waals surface area contributed by atoms with Crippen molar-refractivity contribution >= 4 is 9.84 Å². The van der Waals surface area contributed by atoms with Gasteiger partial charge in [0.15, 0.2) is 0 Å². The highest BCUT2D eigenvalue weighted by atomic mass is 32.2. The van der Waals surface area contributed by atoms with E-state index in [9.17, 15) is 8.42 Å². The number of sulfone groups is 1. The minimum Gasteiger partial charge on any atom is -0.308 e. The molecule has 5 heteroatoms. The van der Waals surface area contributed by atoms with Crippen molar-refractivity contribution < 1.29 is 8.42 Å². The van der Waals surface area contributed by atoms with Crippen LogP contribution in [-0.4, -0.2) is 56.5 Å². The normalized spacial score (nSPS) is 24.5. The highest BCUT2D eigenvalue weighted by Crippen LogP contribution is 2.23. The second-order valence-electron chi connectivity index (χ2n) is 5.88. The van der Waals surface area contributed by atoms with E-state index in [4.69, 9.17) is 0 Å². The van der Waals surface area contributed by atoms with E-state index in [0.29, 0.717) is 11.8 Å². The van der Waals surface area contributed by atoms with E-state index >= 15 is 0 Å². The van der Waals surface area contributed by atoms with Crippen molar-refractivity contribution in [3.8, 4) is 0 Å². The van der Waals surface area contributed by atoms with Crippen LogP contribution in [0.25, 0.3) is 0 Å². The van der Waals surface area contributed by atoms with Gasteiger partial charge in [-0.15, -0.1) is 0 Å². The molecule has 1 aliphatic rings. The molecular formula is C14H30N2O2S. The second kappa shape index (κ2) is 7.04. The molecule has 0 radical (unpaired) electrons. The van der Waals surface area contributed by atoms with Crippen molar-refractivity contribution in [1.29, 1.82) is 0 Å². The molecule has 1 atom stereocenters. The summed E-state index contributed by atoms with van der Waals surface area (Å²) in [5.74, 6) is 0.304. The quantitative estimate of drug-likeness (QED) is 0.775. The first-order chi connectivity index (χ1) is 8.86. The molecule has 114 valence electrons. The Balaban J connectivity index is 2.60. The molecule has 0 aromatic carbocycles. The highest BCUT2D eigenvalue weighted by Gasteiger charge is 2.35. The van der Waals surface area contributed by atoms with Crippen LogP contribution in [-0.2, 0) is 9.84 Å². The molecule has 0 aromatic heterocycles. The molecule has 1 N–H and O–H groups in total. The summed E-state index contributed by atoms with van der Waals surface area (Å²) in [6.07, 6.45) is 5.45. The van der Waals surface area contributed by atoms with E-state index < -0.39 is 9.84 Å². The zero-order valence-corrected chi connectivity index (χ0v) is 13.7. The zero-order valence-electron chi connectivity index (χ0n) is 12.9. The lowest BCUT2D eigenvalue weighted by atomic mass is 9.88. The number of nitrogens with zero attached hydrogens (tertiary/aromatic N) is 1. The van der Waals surface area contributed by atoms with Gasteiger partial charge in [-0.2, -0.15) is 0 Å². The molecule has 19 heavy (non-hydrogen) atoms. The van der Waals surface area contributed by atoms with Crippen LogP contribution in [0.4, 0.5) is 0 Å². The number of nitrogens with one attached hydrogen (secondary N) is 1. The summed E-state index contributed by atoms with van der Waals surface area (Å²) in [5, 5.41) is 3.71. The fourth-order valence-electron chi connectivity index (χ4n) is 2.95. The lowest BCUT2D eigenvalue weighted by molar-refractivity contribution is 0.0709. The molecule has 0 spiro atoms. The molecule has 1 unspecified atom stereocenters. The lowest BCUT2D eigenvalue weighted by Gasteiger charge is -2.47. The first-order valence-electron chi connectivity index (χ1n) is 7.52. The maximum atomic E-state index is 11.2. The SMILES string of the molecule is CCC1CNC(CC)(CC)CN1CCCS(C)(=O)=O. The van der Waals surface area contributed by atoms with E-state index in [1.165, 1.54) is 6.26 Å². The van der Waals surface area contributed by atoms with E-state index in [1.807, 2.05) is 0 Å². The average Bonchev–Trinajstić information content (AvgIpc) is 2.37. The van der Waals surface area contributed by atoms with E-state index in [1.54, 1.807) is 0 Å². The summed E-state index contributed by atoms with van der Waals surface area (Å²) in [5.41, 5.74) is 0.219. The van der Waals surface area contributed by atoms with Gasteiger partial charge < -0.3 is 5.32 Å². The Bertz CT molecular complexity index is 364. The van der Waals surface area contributed by atoms with Gasteiger partial charge in [0.1, 0.15) is 9.84 Å². The molecule has 0 saturated carbocycles. The Kier molecular flexibility index (Phi) is 6.27. The summed E-state index contributed by atoms with van der Waals surface area (Å²) in [7, 11) is -2.83. The summed E-state index contributed by atoms with van der Waals surface area (Å²) >= 11 is 0. The van der Waals surface area contributed by atoms with Crippen LogP contribution in [0.1, 0.15) is 46.5 Å². The molecular weight excluding hydrogens is 260 g/mol. The van der Waals surface area contributed by atoms with E-state index in [0.717, 1.165) is 45.3 Å². The fraction of sp³-hybridized carbons (Fsp3) is 1.00. The zero-order chi connectivity index (χ0) is 14.5. The van der Waals surface area contributed by atoms with Gasteiger partial charge >= 0.3 is 0 Å². The van der Waals surface area contributed by atoms with Crippen LogP contribution in [0.3, 0.4) is 0 Å². The third-order valence-corrected chi connectivity index (χ3v) is 5.55. The van der Waals surface area contributed by atoms with Gasteiger partial charge in [-0.1, -0.05) is 20.8 Å². The van der Waals surface area contributed by atoms with Crippen molar-refractivity contribution in [3.05, 3.63) is 0 Å². The van der Waals surface area contributed by atoms with Gasteiger partial charge in [0.25, 0.3) is 0 Å². The summed E-state index contributed by atoms with van der Waals surface area (Å²) in [6.45, 7) is 9.64. The molecule has 4 nitrogen and oxygen atoms in total. The van der Waals surface area contributed by atoms with Crippen molar-refractivity contribution in [2.45, 2.75) is 58.0 Å². The molecule has 0 aromatic rings. The summed E-state index contributed by atoms with van der Waals surface area (Å²) in [6, 6.07) is 0.547. The number of rotatable bonds is 7. The monoisotopic (exact) mass is 290 g/mol. The van der Waals surface area contributed by atoms with Gasteiger partial charge in [0.2, 0.25) is 0 Å². The first-order valence-corrected chi connectivity index (χ1v) is 9.58. The van der Waals surface area contributed by atoms with Gasteiger partial charge in [0, 0.05) is 30.9 Å². The summed E-state index contributed by atoms with van der Waals surface area (Å²) < 4.78 is 22.5. The lowest BCUT2D eigenvalue weighted by Crippen LogP contribution is -2.63. The molecule has 0 bridgehead atoms. The Morgan fingerprint density at radius 2 is 1.89 bits per heavy atom. The van der Waals surface area contributed by atoms with Crippen LogP contribution >= 0.6 is 0 Å². The number of hydrogen-bond donors (Lipinski definition) is 1. The smallest absolute Gasteiger partial charge is 0.147 e. The van der Waals surface area contributed by atoms with Gasteiger partial charge in [0.05, 0.1) is 5.75 Å². The third-order valence-electron chi connectivity index (χ3n) is 4.52. The molecule has 1 fully saturated rings. The van der Waals surface area contributed by atoms with Crippen molar-refractivity contribution in [1.82, 2.24) is 10.2 Å². The topological polar surface area (TPSA) is 49.4 Å². The minimum absolute atomic E-state index is 0.219. The maximum absolute atomic E-state index is 11.2. The molecule has 0 aliphatic carbocycles. The Morgan fingerprint density at radius 3 is 2.37 bits per heavy atom. The highest BCUT2D eigenvalue weighted by molar-refractivity contribution is 7.90. The molecule has 1 heterocycles. The van der Waals surface area contributed by atoms with Crippen LogP contribution in [0.15, 0.2) is 0 Å². The van der Waals surface area contributed by atoms with Crippen molar-refractivity contribution in [2.24, 2.45) is 0 Å². The second-order valence-corrected chi connectivity index (χ2v) is 8.14. The van der Waals surface area contributed by atoms with Gasteiger partial charge in [-0.3, -0.25) is 4.90 Å². The number of piperazine rings is 1. The Hall–Kier alpha value is -0.130. The summed E-state index contributed by atoms with van der Waals surface area (Å²) in [4.78, 5) is 2.49. The fourth-order valence-corrected chi connectivity index (χ4v) is 3.61. The molecule has 1 rings (SSSR count). The first kappa shape index (κ1) is 16.9. The van der Waals surface area contributed by atoms with Crippen molar-refractivity contribution in [3.63, 3.8) is 0 Å². The molecule has 0 amide bonds. The van der Waals surface area contributed by atoms with Crippen LogP contribution < -0.4 is 5.32 Å². The predicted molar refractivity (Wildman–Crippen MR) is 81.3 cm³/mol. The van der Waals surface area contributed by atoms with Crippen LogP contribution in [0, 0.1) is 0 Å². The van der Waals surface area contributed by atoms with Gasteiger partial charge in [-0.05, 0) is 32.2 Å². The standard InChI is InChI=1S/C14H30N2O2S/c1-5-13-11-15-14(6-2,7-3)12-16(13)9-8-10-19(4,17)18/h13,15H,5-12H2,1-4H3. The minimum atomic E-state index is -2.83. The van der Waals surface area contributed by atoms with E-state index in [-0.39, 0.29) is 5.54 Å². The third kappa shape index (κ3) is 5.04. The van der Waals surface area contributed by atoms with E-state index in [2.05, 4.69) is 31.0 Å². The van der Waals surface area contributed by atoms with Crippen LogP contribution in [0.5, 0.6) is 0 Å². The molecule has 1 saturated heterocycles. The molecule has 1 aliphatic heterocycles. The predicted octanol–water partition coefficient (Wildman–Crippen LogP) is 1.66. The average molecular weight is 290 g/mol. The van der Waals surface area contributed by atoms with Gasteiger partial charge in [-0.25, -0.2) is 8.42 Å². The van der Waals surface area contributed by atoms with Crippen LogP contribution in [0.2, 0.25) is 0 Å². The van der Waals surface area contributed by atoms with Crippen molar-refractivity contribution in [2.75, 3.05) is 31.6 Å². The Labute approximate surface area is 118 Å². The maximum Gasteiger partial charge on any atom is 0.147 e.